The third kappa shape index (κ3) is 7.07. The lowest BCUT2D eigenvalue weighted by Gasteiger charge is -2.28. The number of rotatable bonds is 8. The van der Waals surface area contributed by atoms with E-state index in [2.05, 4.69) is 29.6 Å². The molecule has 8 nitrogen and oxygen atoms in total. The molecule has 1 aliphatic carbocycles. The molecule has 6 rings (SSSR count). The van der Waals surface area contributed by atoms with Crippen LogP contribution in [0.15, 0.2) is 87.6 Å². The van der Waals surface area contributed by atoms with E-state index in [0.717, 1.165) is 56.3 Å². The largest absolute Gasteiger partial charge is 0.508 e. The minimum atomic E-state index is -0.584. The molecular formula is C36H35ClN2O6. The Morgan fingerprint density at radius 2 is 1.78 bits per heavy atom. The van der Waals surface area contributed by atoms with Crippen LogP contribution in [0, 0.1) is 0 Å². The molecule has 0 bridgehead atoms. The number of allylic oxidation sites excluding steroid dienone is 1. The number of hydrogen-bond acceptors (Lipinski definition) is 6. The summed E-state index contributed by atoms with van der Waals surface area (Å²) in [5, 5.41) is 23.5. The molecule has 2 aliphatic rings. The molecule has 4 aromatic rings. The Bertz CT molecular complexity index is 1820. The molecule has 0 spiro atoms. The molecule has 45 heavy (non-hydrogen) atoms. The Morgan fingerprint density at radius 3 is 2.51 bits per heavy atom. The van der Waals surface area contributed by atoms with Gasteiger partial charge in [-0.3, -0.25) is 14.4 Å². The Hall–Kier alpha value is -4.56. The number of nitrogens with one attached hydrogen (secondary N) is 1. The minimum Gasteiger partial charge on any atom is -0.508 e. The molecule has 232 valence electrons. The Balaban J connectivity index is 1.20. The van der Waals surface area contributed by atoms with E-state index in [1.165, 1.54) is 22.8 Å². The highest BCUT2D eigenvalue weighted by atomic mass is 35.5. The molecule has 1 atom stereocenters. The number of aromatic hydroxyl groups is 2. The summed E-state index contributed by atoms with van der Waals surface area (Å²) in [5.41, 5.74) is 4.09. The van der Waals surface area contributed by atoms with Crippen LogP contribution in [0.4, 0.5) is 0 Å². The van der Waals surface area contributed by atoms with E-state index in [-0.39, 0.29) is 28.4 Å². The van der Waals surface area contributed by atoms with Crippen molar-refractivity contribution in [2.24, 2.45) is 0 Å². The summed E-state index contributed by atoms with van der Waals surface area (Å²) in [6, 6.07) is 18.8. The lowest BCUT2D eigenvalue weighted by Crippen LogP contribution is -2.36. The van der Waals surface area contributed by atoms with Gasteiger partial charge in [0.25, 0.3) is 5.91 Å². The van der Waals surface area contributed by atoms with Crippen LogP contribution in [0.1, 0.15) is 71.7 Å². The highest BCUT2D eigenvalue weighted by Crippen LogP contribution is 2.38. The van der Waals surface area contributed by atoms with Crippen molar-refractivity contribution >= 4 is 34.4 Å². The summed E-state index contributed by atoms with van der Waals surface area (Å²) < 4.78 is 5.66. The van der Waals surface area contributed by atoms with Gasteiger partial charge in [0, 0.05) is 42.7 Å². The summed E-state index contributed by atoms with van der Waals surface area (Å²) in [6.45, 7) is 1.48. The smallest absolute Gasteiger partial charge is 0.287 e. The number of amides is 2. The predicted octanol–water partition coefficient (Wildman–Crippen LogP) is 6.61. The van der Waals surface area contributed by atoms with Gasteiger partial charge in [0.05, 0.1) is 6.04 Å². The average Bonchev–Trinajstić information content (AvgIpc) is 3.42. The third-order valence-electron chi connectivity index (χ3n) is 8.80. The number of benzene rings is 3. The van der Waals surface area contributed by atoms with E-state index < -0.39 is 23.1 Å². The highest BCUT2D eigenvalue weighted by Gasteiger charge is 2.26. The van der Waals surface area contributed by atoms with Gasteiger partial charge in [0.1, 0.15) is 22.5 Å². The first kappa shape index (κ1) is 30.5. The van der Waals surface area contributed by atoms with Crippen LogP contribution in [-0.2, 0) is 17.8 Å². The van der Waals surface area contributed by atoms with Crippen molar-refractivity contribution in [1.82, 2.24) is 10.2 Å². The van der Waals surface area contributed by atoms with Crippen LogP contribution < -0.4 is 10.7 Å². The molecule has 1 aliphatic heterocycles. The molecule has 1 saturated heterocycles. The maximum Gasteiger partial charge on any atom is 0.287 e. The zero-order chi connectivity index (χ0) is 31.5. The van der Waals surface area contributed by atoms with Crippen LogP contribution in [0.5, 0.6) is 11.5 Å². The maximum absolute atomic E-state index is 13.4. The Morgan fingerprint density at radius 1 is 1.02 bits per heavy atom. The molecule has 1 aromatic heterocycles. The van der Waals surface area contributed by atoms with Crippen LogP contribution in [-0.4, -0.2) is 39.5 Å². The molecule has 0 radical (unpaired) electrons. The summed E-state index contributed by atoms with van der Waals surface area (Å²) in [5.74, 6) is -0.875. The van der Waals surface area contributed by atoms with Gasteiger partial charge in [-0.05, 0) is 73.3 Å². The van der Waals surface area contributed by atoms with Crippen LogP contribution in [0.3, 0.4) is 0 Å². The van der Waals surface area contributed by atoms with Crippen LogP contribution >= 0.6 is 11.6 Å². The second-order valence-electron chi connectivity index (χ2n) is 11.9. The SMILES string of the molecule is O=C(N[C@@H](C=C1CCC(c2ccccc2CN2CCCC2=O)CC1)Cc1ccc(Cl)cc1)c1cc(=O)c2c(O)cc(O)cc2o1. The number of phenols is 2. The average molecular weight is 627 g/mol. The zero-order valence-electron chi connectivity index (χ0n) is 24.8. The predicted molar refractivity (Wildman–Crippen MR) is 173 cm³/mol. The van der Waals surface area contributed by atoms with Crippen molar-refractivity contribution in [2.45, 2.75) is 63.5 Å². The van der Waals surface area contributed by atoms with Crippen molar-refractivity contribution in [2.75, 3.05) is 6.54 Å². The van der Waals surface area contributed by atoms with E-state index in [1.54, 1.807) is 0 Å². The van der Waals surface area contributed by atoms with Gasteiger partial charge < -0.3 is 24.8 Å². The van der Waals surface area contributed by atoms with Gasteiger partial charge in [0.15, 0.2) is 11.2 Å². The van der Waals surface area contributed by atoms with E-state index in [1.807, 2.05) is 35.2 Å². The number of nitrogens with zero attached hydrogens (tertiary/aromatic N) is 1. The first-order chi connectivity index (χ1) is 21.7. The molecule has 2 amide bonds. The normalized spacial score (nSPS) is 17.4. The molecule has 2 heterocycles. The summed E-state index contributed by atoms with van der Waals surface area (Å²) >= 11 is 6.10. The summed E-state index contributed by atoms with van der Waals surface area (Å²) in [7, 11) is 0. The van der Waals surface area contributed by atoms with Crippen molar-refractivity contribution in [3.63, 3.8) is 0 Å². The minimum absolute atomic E-state index is 0.0783. The standard InChI is InChI=1S/C36H35ClN2O6/c37-26-13-9-23(10-14-26)17-27(38-36(44)33-20-31(42)35-30(41)18-28(40)19-32(35)45-33)16-22-7-11-24(12-8-22)29-5-2-1-4-25(29)21-39-15-3-6-34(39)43/h1-2,4-5,9-10,13-14,16,18-20,24,27,40-41H,3,6-8,11-12,15,17,21H2,(H,38,44)/t24?,27-/m0/s1. The molecule has 2 fully saturated rings. The molecule has 3 N–H and O–H groups in total. The first-order valence-corrected chi connectivity index (χ1v) is 15.7. The van der Waals surface area contributed by atoms with Gasteiger partial charge in [-0.2, -0.15) is 0 Å². The fraction of sp³-hybridized carbons (Fsp3) is 0.306. The lowest BCUT2D eigenvalue weighted by molar-refractivity contribution is -0.128. The summed E-state index contributed by atoms with van der Waals surface area (Å²) in [4.78, 5) is 40.3. The molecule has 0 unspecified atom stereocenters. The summed E-state index contributed by atoms with van der Waals surface area (Å²) in [6.07, 6.45) is 7.84. The number of hydrogen-bond donors (Lipinski definition) is 3. The van der Waals surface area contributed by atoms with Crippen LogP contribution in [0.25, 0.3) is 11.0 Å². The number of likely N-dealkylation sites (tertiary alicyclic amines) is 1. The Labute approximate surface area is 265 Å². The van der Waals surface area contributed by atoms with Crippen molar-refractivity contribution < 1.29 is 24.2 Å². The van der Waals surface area contributed by atoms with E-state index in [0.29, 0.717) is 30.3 Å². The number of carbonyl (C=O) groups is 2. The van der Waals surface area contributed by atoms with E-state index >= 15 is 0 Å². The second-order valence-corrected chi connectivity index (χ2v) is 12.4. The second kappa shape index (κ2) is 13.2. The van der Waals surface area contributed by atoms with Crippen molar-refractivity contribution in [1.29, 1.82) is 0 Å². The topological polar surface area (TPSA) is 120 Å². The van der Waals surface area contributed by atoms with Gasteiger partial charge in [-0.25, -0.2) is 0 Å². The molecule has 9 heteroatoms. The van der Waals surface area contributed by atoms with Crippen LogP contribution in [0.2, 0.25) is 5.02 Å². The molecule has 1 saturated carbocycles. The number of phenolic OH excluding ortho intramolecular Hbond substituents is 2. The van der Waals surface area contributed by atoms with Crippen molar-refractivity contribution in [3.05, 3.63) is 116 Å². The quantitative estimate of drug-likeness (QED) is 0.189. The molecule has 3 aromatic carbocycles. The maximum atomic E-state index is 13.4. The highest BCUT2D eigenvalue weighted by molar-refractivity contribution is 6.30. The Kier molecular flexibility index (Phi) is 8.94. The number of fused-ring (bicyclic) bond motifs is 1. The molecular weight excluding hydrogens is 592 g/mol. The number of carbonyl (C=O) groups excluding carboxylic acids is 2. The van der Waals surface area contributed by atoms with Gasteiger partial charge in [-0.1, -0.05) is 59.6 Å². The fourth-order valence-electron chi connectivity index (χ4n) is 6.54. The zero-order valence-corrected chi connectivity index (χ0v) is 25.6. The fourth-order valence-corrected chi connectivity index (χ4v) is 6.66. The van der Waals surface area contributed by atoms with E-state index in [9.17, 15) is 24.6 Å². The lowest BCUT2D eigenvalue weighted by atomic mass is 9.79. The first-order valence-electron chi connectivity index (χ1n) is 15.3. The monoisotopic (exact) mass is 626 g/mol. The van der Waals surface area contributed by atoms with Crippen molar-refractivity contribution in [3.8, 4) is 11.5 Å². The van der Waals surface area contributed by atoms with E-state index in [4.69, 9.17) is 16.0 Å². The van der Waals surface area contributed by atoms with Gasteiger partial charge in [0.2, 0.25) is 5.91 Å². The third-order valence-corrected chi connectivity index (χ3v) is 9.05. The van der Waals surface area contributed by atoms with Gasteiger partial charge in [-0.15, -0.1) is 0 Å². The van der Waals surface area contributed by atoms with Gasteiger partial charge >= 0.3 is 0 Å². The number of halogens is 1.